The van der Waals surface area contributed by atoms with Gasteiger partial charge in [-0.25, -0.2) is 4.72 Å². The molecule has 0 saturated carbocycles. The molecule has 7 heteroatoms. The molecule has 4 nitrogen and oxygen atoms in total. The van der Waals surface area contributed by atoms with Crippen LogP contribution in [0.15, 0.2) is 89.8 Å². The summed E-state index contributed by atoms with van der Waals surface area (Å²) in [6, 6.07) is 26.2. The van der Waals surface area contributed by atoms with Crippen LogP contribution in [-0.4, -0.2) is 4.92 Å². The molecule has 0 N–H and O–H groups in total. The number of hydrogen-bond acceptors (Lipinski definition) is 3. The zero-order chi connectivity index (χ0) is 25.2. The molecule has 177 valence electrons. The highest BCUT2D eigenvalue weighted by molar-refractivity contribution is 7.97. The van der Waals surface area contributed by atoms with Crippen molar-refractivity contribution in [2.24, 2.45) is 0 Å². The molecule has 0 fully saturated rings. The van der Waals surface area contributed by atoms with E-state index >= 15 is 0 Å². The molecule has 0 heterocycles. The number of non-ortho nitro benzene ring substituents is 1. The van der Waals surface area contributed by atoms with Gasteiger partial charge >= 0.3 is 0 Å². The Labute approximate surface area is 219 Å². The predicted molar refractivity (Wildman–Crippen MR) is 147 cm³/mol. The summed E-state index contributed by atoms with van der Waals surface area (Å²) in [5.41, 5.74) is 5.75. The number of halogens is 2. The predicted octanol–water partition coefficient (Wildman–Crippen LogP) is 9.48. The van der Waals surface area contributed by atoms with E-state index in [2.05, 4.69) is 32.9 Å². The Kier molecular flexibility index (Phi) is 7.41. The molecule has 4 rings (SSSR count). The molecule has 4 aromatic rings. The van der Waals surface area contributed by atoms with Crippen molar-refractivity contribution in [2.45, 2.75) is 31.1 Å². The second-order valence-corrected chi connectivity index (χ2v) is 10.8. The van der Waals surface area contributed by atoms with E-state index in [1.165, 1.54) is 24.1 Å². The molecule has 0 atom stereocenters. The van der Waals surface area contributed by atoms with Crippen LogP contribution >= 0.6 is 35.1 Å². The van der Waals surface area contributed by atoms with Crippen molar-refractivity contribution >= 4 is 46.5 Å². The normalized spacial score (nSPS) is 11.3. The van der Waals surface area contributed by atoms with Gasteiger partial charge in [-0.2, -0.15) is 0 Å². The molecule has 0 aliphatic rings. The number of nitro groups is 1. The highest BCUT2D eigenvalue weighted by atomic mass is 35.5. The third-order valence-electron chi connectivity index (χ3n) is 5.52. The first-order valence-electron chi connectivity index (χ1n) is 10.9. The second kappa shape index (κ2) is 10.3. The van der Waals surface area contributed by atoms with E-state index in [4.69, 9.17) is 27.9 Å². The Balaban J connectivity index is 1.87. The number of hydrogen-bond donors (Lipinski definition) is 0. The van der Waals surface area contributed by atoms with Crippen molar-refractivity contribution in [3.8, 4) is 22.3 Å². The highest BCUT2D eigenvalue weighted by Gasteiger charge is 2.24. The molecular weight excluding hydrogens is 499 g/mol. The summed E-state index contributed by atoms with van der Waals surface area (Å²) in [6.45, 7) is 6.45. The van der Waals surface area contributed by atoms with Crippen LogP contribution in [-0.2, 0) is 5.41 Å². The molecule has 35 heavy (non-hydrogen) atoms. The van der Waals surface area contributed by atoms with E-state index in [9.17, 15) is 10.1 Å². The van der Waals surface area contributed by atoms with Gasteiger partial charge in [0.1, 0.15) is 0 Å². The molecule has 4 aromatic carbocycles. The Morgan fingerprint density at radius 1 is 0.800 bits per heavy atom. The molecule has 0 aliphatic heterocycles. The molecular formula is C28H23Cl2N2O2S. The third-order valence-corrected chi connectivity index (χ3v) is 6.76. The summed E-state index contributed by atoms with van der Waals surface area (Å²) in [7, 11) is 0. The Morgan fingerprint density at radius 2 is 1.40 bits per heavy atom. The summed E-state index contributed by atoms with van der Waals surface area (Å²) in [4.78, 5) is 11.5. The number of nitrogens with zero attached hydrogens (tertiary/aromatic N) is 2. The van der Waals surface area contributed by atoms with E-state index < -0.39 is 4.92 Å². The number of rotatable bonds is 6. The summed E-state index contributed by atoms with van der Waals surface area (Å²) in [6.07, 6.45) is 0. The fourth-order valence-corrected chi connectivity index (χ4v) is 4.67. The standard InChI is InChI=1S/C28H23Cl2N2O2S/c1-28(2,3)26-16-20(18-7-11-21(29)12-8-18)15-25(19-9-13-22(30)14-10-19)27(26)31-35-24-6-4-5-23(17-24)32(33)34/h4-17H,1-3H3. The number of benzene rings is 4. The second-order valence-electron chi connectivity index (χ2n) is 9.12. The van der Waals surface area contributed by atoms with E-state index in [0.717, 1.165) is 33.5 Å². The lowest BCUT2D eigenvalue weighted by molar-refractivity contribution is -0.385. The van der Waals surface area contributed by atoms with Crippen molar-refractivity contribution in [3.63, 3.8) is 0 Å². The number of nitro benzene ring substituents is 1. The Hall–Kier alpha value is -2.99. The zero-order valence-electron chi connectivity index (χ0n) is 19.5. The molecule has 0 unspecified atom stereocenters. The molecule has 0 amide bonds. The summed E-state index contributed by atoms with van der Waals surface area (Å²) in [5, 5.41) is 12.6. The van der Waals surface area contributed by atoms with Gasteiger partial charge in [0.2, 0.25) is 0 Å². The maximum absolute atomic E-state index is 11.2. The van der Waals surface area contributed by atoms with Crippen LogP contribution in [0.5, 0.6) is 0 Å². The van der Waals surface area contributed by atoms with Crippen LogP contribution in [0.2, 0.25) is 10.0 Å². The largest absolute Gasteiger partial charge is 0.270 e. The van der Waals surface area contributed by atoms with Crippen LogP contribution in [0.4, 0.5) is 11.4 Å². The zero-order valence-corrected chi connectivity index (χ0v) is 21.8. The first-order chi connectivity index (χ1) is 16.6. The van der Waals surface area contributed by atoms with Crippen molar-refractivity contribution in [2.75, 3.05) is 0 Å². The first-order valence-corrected chi connectivity index (χ1v) is 12.5. The molecule has 0 aromatic heterocycles. The molecule has 0 saturated heterocycles. The maximum atomic E-state index is 11.2. The fourth-order valence-electron chi connectivity index (χ4n) is 3.72. The van der Waals surface area contributed by atoms with Gasteiger partial charge in [-0.3, -0.25) is 10.1 Å². The van der Waals surface area contributed by atoms with Gasteiger partial charge in [0, 0.05) is 44.6 Å². The van der Waals surface area contributed by atoms with Gasteiger partial charge in [-0.1, -0.05) is 74.3 Å². The maximum Gasteiger partial charge on any atom is 0.270 e. The van der Waals surface area contributed by atoms with E-state index in [0.29, 0.717) is 14.9 Å². The summed E-state index contributed by atoms with van der Waals surface area (Å²) < 4.78 is 4.93. The van der Waals surface area contributed by atoms with Crippen molar-refractivity contribution < 1.29 is 4.92 Å². The third kappa shape index (κ3) is 5.99. The van der Waals surface area contributed by atoms with Gasteiger partial charge < -0.3 is 0 Å². The van der Waals surface area contributed by atoms with Crippen LogP contribution in [0, 0.1) is 10.1 Å². The molecule has 0 bridgehead atoms. The summed E-state index contributed by atoms with van der Waals surface area (Å²) >= 11 is 13.5. The average Bonchev–Trinajstić information content (AvgIpc) is 2.83. The van der Waals surface area contributed by atoms with Crippen molar-refractivity contribution in [1.29, 1.82) is 0 Å². The van der Waals surface area contributed by atoms with E-state index in [-0.39, 0.29) is 11.1 Å². The SMILES string of the molecule is CC(C)(C)c1cc(-c2ccc(Cl)cc2)cc(-c2ccc(Cl)cc2)c1[N]Sc1cccc([N+](=O)[O-])c1. The highest BCUT2D eigenvalue weighted by Crippen LogP contribution is 2.43. The van der Waals surface area contributed by atoms with Crippen molar-refractivity contribution in [3.05, 3.63) is 111 Å². The Morgan fingerprint density at radius 3 is 1.97 bits per heavy atom. The molecule has 1 radical (unpaired) electrons. The lowest BCUT2D eigenvalue weighted by atomic mass is 9.81. The minimum Gasteiger partial charge on any atom is -0.258 e. The van der Waals surface area contributed by atoms with Crippen LogP contribution < -0.4 is 4.72 Å². The average molecular weight is 522 g/mol. The summed E-state index contributed by atoms with van der Waals surface area (Å²) in [5.74, 6) is 0. The minimum absolute atomic E-state index is 0.0391. The first kappa shape index (κ1) is 25.1. The van der Waals surface area contributed by atoms with Crippen LogP contribution in [0.25, 0.3) is 22.3 Å². The molecule has 0 spiro atoms. The van der Waals surface area contributed by atoms with Gasteiger partial charge in [-0.15, -0.1) is 0 Å². The van der Waals surface area contributed by atoms with Gasteiger partial charge in [-0.05, 0) is 70.1 Å². The van der Waals surface area contributed by atoms with Crippen LogP contribution in [0.1, 0.15) is 26.3 Å². The quantitative estimate of drug-likeness (QED) is 0.144. The van der Waals surface area contributed by atoms with Crippen molar-refractivity contribution in [1.82, 2.24) is 4.72 Å². The minimum atomic E-state index is -0.398. The lowest BCUT2D eigenvalue weighted by Crippen LogP contribution is -2.14. The van der Waals surface area contributed by atoms with Crippen LogP contribution in [0.3, 0.4) is 0 Å². The monoisotopic (exact) mass is 521 g/mol. The van der Waals surface area contributed by atoms with E-state index in [1.807, 2.05) is 54.6 Å². The Bertz CT molecular complexity index is 1370. The lowest BCUT2D eigenvalue weighted by Gasteiger charge is -2.26. The smallest absolute Gasteiger partial charge is 0.258 e. The van der Waals surface area contributed by atoms with Gasteiger partial charge in [0.25, 0.3) is 5.69 Å². The fraction of sp³-hybridized carbons (Fsp3) is 0.143. The van der Waals surface area contributed by atoms with Gasteiger partial charge in [0.05, 0.1) is 10.6 Å². The van der Waals surface area contributed by atoms with Gasteiger partial charge in [0.15, 0.2) is 0 Å². The molecule has 0 aliphatic carbocycles. The topological polar surface area (TPSA) is 57.2 Å². The van der Waals surface area contributed by atoms with E-state index in [1.54, 1.807) is 6.07 Å².